The van der Waals surface area contributed by atoms with Gasteiger partial charge in [-0.15, -0.1) is 11.3 Å². The first-order chi connectivity index (χ1) is 12.3. The lowest BCUT2D eigenvalue weighted by atomic mass is 10.2. The number of thiazole rings is 1. The number of anilines is 1. The van der Waals surface area contributed by atoms with Gasteiger partial charge < -0.3 is 10.1 Å². The summed E-state index contributed by atoms with van der Waals surface area (Å²) in [4.78, 5) is 27.9. The van der Waals surface area contributed by atoms with E-state index in [1.54, 1.807) is 12.3 Å². The van der Waals surface area contributed by atoms with Crippen molar-refractivity contribution in [3.05, 3.63) is 34.3 Å². The number of benzene rings is 1. The maximum atomic E-state index is 12.4. The minimum absolute atomic E-state index is 0.132. The van der Waals surface area contributed by atoms with Crippen molar-refractivity contribution in [2.75, 3.05) is 5.32 Å². The lowest BCUT2D eigenvalue weighted by Gasteiger charge is -2.25. The molecule has 1 aromatic carbocycles. The van der Waals surface area contributed by atoms with Crippen molar-refractivity contribution in [3.63, 3.8) is 0 Å². The summed E-state index contributed by atoms with van der Waals surface area (Å²) in [5.41, 5.74) is 0.766. The second-order valence-electron chi connectivity index (χ2n) is 5.73. The Morgan fingerprint density at radius 2 is 2.19 bits per heavy atom. The quantitative estimate of drug-likeness (QED) is 0.795. The number of rotatable bonds is 5. The standard InChI is InChI=1S/C16H17N3O5S2/c1-3-13-16(21)18-12-7-11(4-5-14(12)24-13)26(22,23)19-15(20)6-10-8-25-9(2)17-10/h4-5,7-8,13H,3,6H2,1-2H3,(H,18,21)(H,19,20)/t13-/m0/s1. The highest BCUT2D eigenvalue weighted by Gasteiger charge is 2.28. The van der Waals surface area contributed by atoms with Crippen LogP contribution in [-0.2, 0) is 26.0 Å². The van der Waals surface area contributed by atoms with E-state index in [4.69, 9.17) is 4.74 Å². The molecule has 1 atom stereocenters. The molecule has 10 heteroatoms. The Morgan fingerprint density at radius 3 is 2.85 bits per heavy atom. The smallest absolute Gasteiger partial charge is 0.265 e. The van der Waals surface area contributed by atoms with Crippen LogP contribution in [0.3, 0.4) is 0 Å². The molecule has 1 aliphatic heterocycles. The van der Waals surface area contributed by atoms with Crippen molar-refractivity contribution >= 4 is 38.9 Å². The summed E-state index contributed by atoms with van der Waals surface area (Å²) in [5, 5.41) is 5.12. The molecule has 1 aliphatic rings. The fraction of sp³-hybridized carbons (Fsp3) is 0.312. The highest BCUT2D eigenvalue weighted by atomic mass is 32.2. The van der Waals surface area contributed by atoms with E-state index >= 15 is 0 Å². The lowest BCUT2D eigenvalue weighted by molar-refractivity contribution is -0.123. The third-order valence-electron chi connectivity index (χ3n) is 3.71. The third kappa shape index (κ3) is 3.86. The van der Waals surface area contributed by atoms with Gasteiger partial charge in [0.25, 0.3) is 15.9 Å². The zero-order valence-electron chi connectivity index (χ0n) is 14.1. The number of hydrogen-bond donors (Lipinski definition) is 2. The Hall–Kier alpha value is -2.46. The minimum Gasteiger partial charge on any atom is -0.478 e. The molecule has 0 radical (unpaired) electrons. The summed E-state index contributed by atoms with van der Waals surface area (Å²) in [6, 6.07) is 4.05. The Bertz CT molecular complexity index is 968. The SMILES string of the molecule is CC[C@@H]1Oc2ccc(S(=O)(=O)NC(=O)Cc3csc(C)n3)cc2NC1=O. The molecule has 0 saturated heterocycles. The largest absolute Gasteiger partial charge is 0.478 e. The van der Waals surface area contributed by atoms with Crippen LogP contribution >= 0.6 is 11.3 Å². The van der Waals surface area contributed by atoms with Gasteiger partial charge in [0.2, 0.25) is 5.91 Å². The number of aryl methyl sites for hydroxylation is 1. The van der Waals surface area contributed by atoms with Crippen LogP contribution in [0.5, 0.6) is 5.75 Å². The van der Waals surface area contributed by atoms with E-state index < -0.39 is 22.0 Å². The number of ether oxygens (including phenoxy) is 1. The van der Waals surface area contributed by atoms with Gasteiger partial charge in [-0.05, 0) is 31.5 Å². The number of carbonyl (C=O) groups is 2. The molecular weight excluding hydrogens is 378 g/mol. The molecule has 0 spiro atoms. The summed E-state index contributed by atoms with van der Waals surface area (Å²) in [7, 11) is -4.07. The van der Waals surface area contributed by atoms with Crippen LogP contribution in [0, 0.1) is 6.92 Å². The number of aromatic nitrogens is 1. The zero-order valence-corrected chi connectivity index (χ0v) is 15.7. The molecule has 0 bridgehead atoms. The monoisotopic (exact) mass is 395 g/mol. The van der Waals surface area contributed by atoms with E-state index in [9.17, 15) is 18.0 Å². The van der Waals surface area contributed by atoms with Crippen LogP contribution in [0.4, 0.5) is 5.69 Å². The number of nitrogens with one attached hydrogen (secondary N) is 2. The summed E-state index contributed by atoms with van der Waals surface area (Å²) in [6.07, 6.45) is -0.240. The number of nitrogens with zero attached hydrogens (tertiary/aromatic N) is 1. The Labute approximate surface area is 154 Å². The van der Waals surface area contributed by atoms with Crippen molar-refractivity contribution < 1.29 is 22.7 Å². The molecule has 26 heavy (non-hydrogen) atoms. The molecule has 2 amide bonds. The van der Waals surface area contributed by atoms with E-state index in [0.29, 0.717) is 17.9 Å². The number of hydrogen-bond acceptors (Lipinski definition) is 7. The molecule has 1 aromatic heterocycles. The van der Waals surface area contributed by atoms with E-state index in [1.165, 1.54) is 29.5 Å². The van der Waals surface area contributed by atoms with Gasteiger partial charge in [0.1, 0.15) is 5.75 Å². The van der Waals surface area contributed by atoms with Gasteiger partial charge in [0.05, 0.1) is 27.7 Å². The van der Waals surface area contributed by atoms with Crippen LogP contribution in [0.15, 0.2) is 28.5 Å². The van der Waals surface area contributed by atoms with E-state index in [-0.39, 0.29) is 22.9 Å². The fourth-order valence-electron chi connectivity index (χ4n) is 2.46. The second kappa shape index (κ2) is 7.04. The number of amides is 2. The van der Waals surface area contributed by atoms with Gasteiger partial charge in [-0.25, -0.2) is 18.1 Å². The molecule has 2 N–H and O–H groups in total. The molecule has 2 heterocycles. The number of fused-ring (bicyclic) bond motifs is 1. The molecule has 138 valence electrons. The summed E-state index contributed by atoms with van der Waals surface area (Å²) in [5.74, 6) is -0.628. The fourth-order valence-corrected chi connectivity index (χ4v) is 4.09. The topological polar surface area (TPSA) is 114 Å². The molecule has 2 aromatic rings. The zero-order chi connectivity index (χ0) is 18.9. The van der Waals surface area contributed by atoms with Crippen LogP contribution < -0.4 is 14.8 Å². The molecule has 0 aliphatic carbocycles. The molecule has 8 nitrogen and oxygen atoms in total. The second-order valence-corrected chi connectivity index (χ2v) is 8.47. The van der Waals surface area contributed by atoms with Gasteiger partial charge in [-0.2, -0.15) is 0 Å². The minimum atomic E-state index is -4.07. The van der Waals surface area contributed by atoms with Gasteiger partial charge in [-0.3, -0.25) is 9.59 Å². The summed E-state index contributed by atoms with van der Waals surface area (Å²) in [6.45, 7) is 3.61. The van der Waals surface area contributed by atoms with Crippen molar-refractivity contribution in [2.45, 2.75) is 37.7 Å². The number of carbonyl (C=O) groups excluding carboxylic acids is 2. The summed E-state index contributed by atoms with van der Waals surface area (Å²) < 4.78 is 32.4. The van der Waals surface area contributed by atoms with Crippen LogP contribution in [-0.4, -0.2) is 31.3 Å². The van der Waals surface area contributed by atoms with E-state index in [2.05, 4.69) is 10.3 Å². The van der Waals surface area contributed by atoms with Gasteiger partial charge in [0, 0.05) is 5.38 Å². The lowest BCUT2D eigenvalue weighted by Crippen LogP contribution is -2.36. The first kappa shape index (κ1) is 18.3. The van der Waals surface area contributed by atoms with Gasteiger partial charge in [-0.1, -0.05) is 6.92 Å². The first-order valence-corrected chi connectivity index (χ1v) is 10.2. The Kier molecular flexibility index (Phi) is 4.97. The first-order valence-electron chi connectivity index (χ1n) is 7.86. The Morgan fingerprint density at radius 1 is 1.42 bits per heavy atom. The molecular formula is C16H17N3O5S2. The van der Waals surface area contributed by atoms with Crippen LogP contribution in [0.1, 0.15) is 24.0 Å². The van der Waals surface area contributed by atoms with Crippen molar-refractivity contribution in [2.24, 2.45) is 0 Å². The van der Waals surface area contributed by atoms with Gasteiger partial charge >= 0.3 is 0 Å². The van der Waals surface area contributed by atoms with E-state index in [0.717, 1.165) is 5.01 Å². The van der Waals surface area contributed by atoms with Crippen LogP contribution in [0.25, 0.3) is 0 Å². The van der Waals surface area contributed by atoms with Crippen LogP contribution in [0.2, 0.25) is 0 Å². The summed E-state index contributed by atoms with van der Waals surface area (Å²) >= 11 is 1.38. The molecule has 0 fully saturated rings. The molecule has 0 unspecified atom stereocenters. The Balaban J connectivity index is 1.76. The third-order valence-corrected chi connectivity index (χ3v) is 5.90. The average molecular weight is 395 g/mol. The molecule has 0 saturated carbocycles. The van der Waals surface area contributed by atoms with Crippen molar-refractivity contribution in [1.29, 1.82) is 0 Å². The predicted octanol–water partition coefficient (Wildman–Crippen LogP) is 1.61. The maximum Gasteiger partial charge on any atom is 0.265 e. The van der Waals surface area contributed by atoms with E-state index in [1.807, 2.05) is 11.6 Å². The van der Waals surface area contributed by atoms with Crippen molar-refractivity contribution in [1.82, 2.24) is 9.71 Å². The predicted molar refractivity (Wildman–Crippen MR) is 95.7 cm³/mol. The normalized spacial score (nSPS) is 16.4. The van der Waals surface area contributed by atoms with Gasteiger partial charge in [0.15, 0.2) is 6.10 Å². The van der Waals surface area contributed by atoms with Crippen molar-refractivity contribution in [3.8, 4) is 5.75 Å². The average Bonchev–Trinajstić information content (AvgIpc) is 2.97. The highest BCUT2D eigenvalue weighted by molar-refractivity contribution is 7.90. The maximum absolute atomic E-state index is 12.4. The highest BCUT2D eigenvalue weighted by Crippen LogP contribution is 2.32. The number of sulfonamides is 1. The molecule has 3 rings (SSSR count).